The molecular weight excluding hydrogens is 188 g/mol. The molecule has 1 heterocycles. The van der Waals surface area contributed by atoms with Crippen LogP contribution < -0.4 is 0 Å². The van der Waals surface area contributed by atoms with E-state index in [0.717, 1.165) is 23.1 Å². The second-order valence-electron chi connectivity index (χ2n) is 4.94. The molecule has 0 saturated carbocycles. The minimum Gasteiger partial charge on any atom is -0.456 e. The number of fused-ring (bicyclic) bond motifs is 1. The van der Waals surface area contributed by atoms with Crippen molar-refractivity contribution in [2.75, 3.05) is 0 Å². The monoisotopic (exact) mass is 204 g/mol. The van der Waals surface area contributed by atoms with E-state index < -0.39 is 0 Å². The van der Waals surface area contributed by atoms with Crippen molar-refractivity contribution in [3.63, 3.8) is 0 Å². The summed E-state index contributed by atoms with van der Waals surface area (Å²) in [6.07, 6.45) is 0.802. The van der Waals surface area contributed by atoms with Crippen LogP contribution in [-0.4, -0.2) is 11.6 Å². The number of cyclic esters (lactones) is 1. The summed E-state index contributed by atoms with van der Waals surface area (Å²) in [4.78, 5) is 11.8. The van der Waals surface area contributed by atoms with Gasteiger partial charge in [-0.2, -0.15) is 0 Å². The van der Waals surface area contributed by atoms with E-state index in [2.05, 4.69) is 13.0 Å². The second-order valence-corrected chi connectivity index (χ2v) is 4.94. The SMILES string of the molecule is Cc1cc(C)c2c(c1)CC(C)(C)OC2=O. The Balaban J connectivity index is 2.60. The van der Waals surface area contributed by atoms with Crippen LogP contribution in [0.3, 0.4) is 0 Å². The number of hydrogen-bond donors (Lipinski definition) is 0. The predicted octanol–water partition coefficient (Wildman–Crippen LogP) is 2.79. The summed E-state index contributed by atoms with van der Waals surface area (Å²) in [5.74, 6) is -0.182. The fourth-order valence-electron chi connectivity index (χ4n) is 2.28. The van der Waals surface area contributed by atoms with Gasteiger partial charge >= 0.3 is 5.97 Å². The van der Waals surface area contributed by atoms with Gasteiger partial charge in [0.05, 0.1) is 5.56 Å². The van der Waals surface area contributed by atoms with Crippen molar-refractivity contribution in [3.8, 4) is 0 Å². The first-order valence-electron chi connectivity index (χ1n) is 5.22. The van der Waals surface area contributed by atoms with Crippen molar-refractivity contribution in [2.45, 2.75) is 39.7 Å². The second kappa shape index (κ2) is 3.09. The van der Waals surface area contributed by atoms with Crippen molar-refractivity contribution >= 4 is 5.97 Å². The van der Waals surface area contributed by atoms with E-state index >= 15 is 0 Å². The van der Waals surface area contributed by atoms with Crippen molar-refractivity contribution in [1.29, 1.82) is 0 Å². The first-order valence-corrected chi connectivity index (χ1v) is 5.22. The molecular formula is C13H16O2. The summed E-state index contributed by atoms with van der Waals surface area (Å²) in [7, 11) is 0. The largest absolute Gasteiger partial charge is 0.456 e. The highest BCUT2D eigenvalue weighted by Crippen LogP contribution is 2.30. The van der Waals surface area contributed by atoms with Crippen LogP contribution in [0, 0.1) is 13.8 Å². The summed E-state index contributed by atoms with van der Waals surface area (Å²) < 4.78 is 5.38. The minimum atomic E-state index is -0.371. The maximum absolute atomic E-state index is 11.8. The third-order valence-corrected chi connectivity index (χ3v) is 2.75. The molecule has 0 radical (unpaired) electrons. The highest BCUT2D eigenvalue weighted by Gasteiger charge is 2.33. The first kappa shape index (κ1) is 10.2. The zero-order chi connectivity index (χ0) is 11.2. The molecule has 1 aromatic rings. The summed E-state index contributed by atoms with van der Waals surface area (Å²) >= 11 is 0. The Hall–Kier alpha value is -1.31. The van der Waals surface area contributed by atoms with E-state index in [0.29, 0.717) is 0 Å². The van der Waals surface area contributed by atoms with Gasteiger partial charge in [-0.25, -0.2) is 4.79 Å². The number of benzene rings is 1. The van der Waals surface area contributed by atoms with Crippen LogP contribution in [0.2, 0.25) is 0 Å². The molecule has 0 fully saturated rings. The Labute approximate surface area is 90.3 Å². The van der Waals surface area contributed by atoms with Crippen LogP contribution >= 0.6 is 0 Å². The number of carbonyl (C=O) groups excluding carboxylic acids is 1. The molecule has 0 atom stereocenters. The third kappa shape index (κ3) is 1.76. The molecule has 0 N–H and O–H groups in total. The van der Waals surface area contributed by atoms with Gasteiger partial charge in [0.25, 0.3) is 0 Å². The van der Waals surface area contributed by atoms with Gasteiger partial charge in [0.15, 0.2) is 0 Å². The van der Waals surface area contributed by atoms with E-state index in [1.165, 1.54) is 5.56 Å². The van der Waals surface area contributed by atoms with Crippen LogP contribution in [0.25, 0.3) is 0 Å². The molecule has 1 aromatic carbocycles. The fraction of sp³-hybridized carbons (Fsp3) is 0.462. The van der Waals surface area contributed by atoms with Gasteiger partial charge in [0.2, 0.25) is 0 Å². The van der Waals surface area contributed by atoms with Crippen LogP contribution in [0.15, 0.2) is 12.1 Å². The highest BCUT2D eigenvalue weighted by molar-refractivity contribution is 5.94. The normalized spacial score (nSPS) is 18.3. The van der Waals surface area contributed by atoms with E-state index in [-0.39, 0.29) is 11.6 Å². The number of esters is 1. The molecule has 0 spiro atoms. The molecule has 0 unspecified atom stereocenters. The number of rotatable bonds is 0. The number of aryl methyl sites for hydroxylation is 2. The van der Waals surface area contributed by atoms with Crippen molar-refractivity contribution in [2.24, 2.45) is 0 Å². The Morgan fingerprint density at radius 2 is 1.93 bits per heavy atom. The molecule has 1 aliphatic rings. The quantitative estimate of drug-likeness (QED) is 0.607. The summed E-state index contributed by atoms with van der Waals surface area (Å²) in [6, 6.07) is 4.11. The lowest BCUT2D eigenvalue weighted by atomic mass is 9.88. The van der Waals surface area contributed by atoms with Crippen molar-refractivity contribution in [3.05, 3.63) is 34.4 Å². The predicted molar refractivity (Wildman–Crippen MR) is 59.1 cm³/mol. The Kier molecular flexibility index (Phi) is 2.10. The van der Waals surface area contributed by atoms with Gasteiger partial charge < -0.3 is 4.74 Å². The molecule has 2 nitrogen and oxygen atoms in total. The number of ether oxygens (including phenoxy) is 1. The first-order chi connectivity index (χ1) is 6.89. The van der Waals surface area contributed by atoms with Gasteiger partial charge in [-0.1, -0.05) is 17.7 Å². The molecule has 0 saturated heterocycles. The van der Waals surface area contributed by atoms with Gasteiger partial charge in [-0.05, 0) is 38.8 Å². The lowest BCUT2D eigenvalue weighted by molar-refractivity contribution is -0.00658. The third-order valence-electron chi connectivity index (χ3n) is 2.75. The fourth-order valence-corrected chi connectivity index (χ4v) is 2.28. The van der Waals surface area contributed by atoms with Crippen molar-refractivity contribution < 1.29 is 9.53 Å². The van der Waals surface area contributed by atoms with Crippen LogP contribution in [0.4, 0.5) is 0 Å². The molecule has 0 bridgehead atoms. The zero-order valence-electron chi connectivity index (χ0n) is 9.68. The van der Waals surface area contributed by atoms with Crippen LogP contribution in [0.1, 0.15) is 40.9 Å². The number of hydrogen-bond acceptors (Lipinski definition) is 2. The molecule has 2 rings (SSSR count). The van der Waals surface area contributed by atoms with Gasteiger partial charge in [0.1, 0.15) is 5.60 Å². The molecule has 0 aromatic heterocycles. The maximum Gasteiger partial charge on any atom is 0.339 e. The van der Waals surface area contributed by atoms with E-state index in [1.54, 1.807) is 0 Å². The van der Waals surface area contributed by atoms with Crippen LogP contribution in [0.5, 0.6) is 0 Å². The Morgan fingerprint density at radius 3 is 2.60 bits per heavy atom. The summed E-state index contributed by atoms with van der Waals surface area (Å²) in [5.41, 5.74) is 3.74. The lowest BCUT2D eigenvalue weighted by Gasteiger charge is -2.32. The highest BCUT2D eigenvalue weighted by atomic mass is 16.6. The van der Waals surface area contributed by atoms with Gasteiger partial charge in [-0.15, -0.1) is 0 Å². The zero-order valence-corrected chi connectivity index (χ0v) is 9.68. The van der Waals surface area contributed by atoms with Gasteiger partial charge in [-0.3, -0.25) is 0 Å². The summed E-state index contributed by atoms with van der Waals surface area (Å²) in [6.45, 7) is 7.92. The maximum atomic E-state index is 11.8. The Bertz CT molecular complexity index is 430. The van der Waals surface area contributed by atoms with E-state index in [9.17, 15) is 4.79 Å². The van der Waals surface area contributed by atoms with Gasteiger partial charge in [0, 0.05) is 6.42 Å². The van der Waals surface area contributed by atoms with Crippen LogP contribution in [-0.2, 0) is 11.2 Å². The summed E-state index contributed by atoms with van der Waals surface area (Å²) in [5, 5.41) is 0. The molecule has 2 heteroatoms. The van der Waals surface area contributed by atoms with E-state index in [4.69, 9.17) is 4.74 Å². The molecule has 1 aliphatic heterocycles. The van der Waals surface area contributed by atoms with Crippen molar-refractivity contribution in [1.82, 2.24) is 0 Å². The van der Waals surface area contributed by atoms with E-state index in [1.807, 2.05) is 26.8 Å². The standard InChI is InChI=1S/C13H16O2/c1-8-5-9(2)11-10(6-8)7-13(3,4)15-12(11)14/h5-6H,7H2,1-4H3. The minimum absolute atomic E-state index is 0.182. The molecule has 80 valence electrons. The Morgan fingerprint density at radius 1 is 1.27 bits per heavy atom. The smallest absolute Gasteiger partial charge is 0.339 e. The molecule has 15 heavy (non-hydrogen) atoms. The number of carbonyl (C=O) groups is 1. The molecule has 0 aliphatic carbocycles. The average molecular weight is 204 g/mol. The molecule has 0 amide bonds. The lowest BCUT2D eigenvalue weighted by Crippen LogP contribution is -2.36. The average Bonchev–Trinajstić information content (AvgIpc) is 1.97. The topological polar surface area (TPSA) is 26.3 Å².